The molecule has 0 fully saturated rings. The smallest absolute Gasteiger partial charge is 0.410 e. The highest BCUT2D eigenvalue weighted by Crippen LogP contribution is 2.28. The molecule has 0 aliphatic heterocycles. The quantitative estimate of drug-likeness (QED) is 0.319. The highest BCUT2D eigenvalue weighted by atomic mass is 35.5. The van der Waals surface area contributed by atoms with Gasteiger partial charge in [0.05, 0.1) is 19.3 Å². The van der Waals surface area contributed by atoms with E-state index in [0.717, 1.165) is 21.6 Å². The van der Waals surface area contributed by atoms with E-state index in [1.54, 1.807) is 48.2 Å². The molecule has 1 atom stereocenters. The van der Waals surface area contributed by atoms with Crippen molar-refractivity contribution in [2.24, 2.45) is 0 Å². The zero-order chi connectivity index (χ0) is 25.4. The lowest BCUT2D eigenvalue weighted by Crippen LogP contribution is -2.48. The van der Waals surface area contributed by atoms with Gasteiger partial charge in [-0.25, -0.2) is 4.79 Å². The number of hydrogen-bond donors (Lipinski definition) is 1. The molecule has 0 spiro atoms. The van der Waals surface area contributed by atoms with Crippen LogP contribution in [0.15, 0.2) is 82.6 Å². The number of aliphatic hydroxyl groups is 1. The first-order chi connectivity index (χ1) is 16.7. The van der Waals surface area contributed by atoms with Crippen LogP contribution in [0.3, 0.4) is 0 Å². The Morgan fingerprint density at radius 3 is 2.26 bits per heavy atom. The zero-order valence-corrected chi connectivity index (χ0v) is 21.7. The fourth-order valence-electron chi connectivity index (χ4n) is 3.42. The molecule has 0 aromatic heterocycles. The number of aldehydes is 1. The molecule has 0 bridgehead atoms. The van der Waals surface area contributed by atoms with Crippen molar-refractivity contribution in [3.05, 3.63) is 94.5 Å². The Bertz CT molecular complexity index is 1130. The summed E-state index contributed by atoms with van der Waals surface area (Å²) in [4.78, 5) is 27.3. The molecule has 1 N–H and O–H groups in total. The topological polar surface area (TPSA) is 66.8 Å². The first-order valence-electron chi connectivity index (χ1n) is 11.4. The molecular weight excluding hydrogens is 482 g/mol. The lowest BCUT2D eigenvalue weighted by molar-refractivity contribution is 0.0368. The first kappa shape index (κ1) is 26.8. The number of benzene rings is 3. The van der Waals surface area contributed by atoms with E-state index in [9.17, 15) is 14.7 Å². The first-order valence-corrected chi connectivity index (χ1v) is 12.5. The third-order valence-electron chi connectivity index (χ3n) is 5.41. The minimum atomic E-state index is -0.875. The lowest BCUT2D eigenvalue weighted by Gasteiger charge is -2.36. The minimum Gasteiger partial charge on any atom is -0.449 e. The molecule has 0 radical (unpaired) electrons. The fraction of sp³-hybridized carbons (Fsp3) is 0.286. The van der Waals surface area contributed by atoms with E-state index in [1.165, 1.54) is 4.90 Å². The van der Waals surface area contributed by atoms with Gasteiger partial charge in [0.1, 0.15) is 6.29 Å². The summed E-state index contributed by atoms with van der Waals surface area (Å²) in [6.45, 7) is 6.05. The summed E-state index contributed by atoms with van der Waals surface area (Å²) in [5, 5.41) is 11.2. The van der Waals surface area contributed by atoms with Gasteiger partial charge in [-0.15, -0.1) is 0 Å². The number of hydrogen-bond acceptors (Lipinski definition) is 5. The van der Waals surface area contributed by atoms with Gasteiger partial charge in [0.25, 0.3) is 0 Å². The summed E-state index contributed by atoms with van der Waals surface area (Å²) >= 11 is 7.65. The third kappa shape index (κ3) is 8.13. The predicted molar refractivity (Wildman–Crippen MR) is 140 cm³/mol. The molecule has 5 nitrogen and oxygen atoms in total. The summed E-state index contributed by atoms with van der Waals surface area (Å²) in [5.41, 5.74) is 1.83. The number of amides is 1. The van der Waals surface area contributed by atoms with Gasteiger partial charge in [-0.1, -0.05) is 59.8 Å². The number of carbonyl (C=O) groups excluding carboxylic acids is 2. The molecule has 1 amide bonds. The van der Waals surface area contributed by atoms with Gasteiger partial charge >= 0.3 is 6.09 Å². The molecule has 184 valence electrons. The Morgan fingerprint density at radius 1 is 1.06 bits per heavy atom. The van der Waals surface area contributed by atoms with Crippen molar-refractivity contribution in [2.75, 3.05) is 13.2 Å². The number of ether oxygens (including phenoxy) is 1. The molecule has 3 aromatic rings. The van der Waals surface area contributed by atoms with Crippen LogP contribution in [0.25, 0.3) is 0 Å². The molecule has 3 rings (SSSR count). The van der Waals surface area contributed by atoms with Gasteiger partial charge in [0.15, 0.2) is 0 Å². The maximum Gasteiger partial charge on any atom is 0.410 e. The SMILES string of the molecule is CC(C)(C)N(C[C@H](O)c1cccc(Cl)c1)C(=O)OCCc1ccc(Sc2ccc(C=O)cc2)cc1. The van der Waals surface area contributed by atoms with Crippen molar-refractivity contribution in [3.63, 3.8) is 0 Å². The number of halogens is 1. The number of aliphatic hydroxyl groups excluding tert-OH is 1. The van der Waals surface area contributed by atoms with Crippen molar-refractivity contribution >= 4 is 35.7 Å². The average Bonchev–Trinajstić information content (AvgIpc) is 2.83. The van der Waals surface area contributed by atoms with Crippen LogP contribution in [0.2, 0.25) is 5.02 Å². The second-order valence-electron chi connectivity index (χ2n) is 9.15. The van der Waals surface area contributed by atoms with Gasteiger partial charge in [-0.3, -0.25) is 4.79 Å². The summed E-state index contributed by atoms with van der Waals surface area (Å²) in [6.07, 6.45) is 0.0716. The number of rotatable bonds is 9. The number of β-amino-alcohol motifs (C(OH)–C–C–N with tert-alkyl or cyclic N) is 1. The van der Waals surface area contributed by atoms with Crippen LogP contribution in [0.4, 0.5) is 4.79 Å². The minimum absolute atomic E-state index is 0.0996. The molecule has 7 heteroatoms. The largest absolute Gasteiger partial charge is 0.449 e. The average molecular weight is 512 g/mol. The van der Waals surface area contributed by atoms with E-state index >= 15 is 0 Å². The monoisotopic (exact) mass is 511 g/mol. The highest BCUT2D eigenvalue weighted by molar-refractivity contribution is 7.99. The van der Waals surface area contributed by atoms with Crippen molar-refractivity contribution < 1.29 is 19.4 Å². The number of nitrogens with zero attached hydrogens (tertiary/aromatic N) is 1. The van der Waals surface area contributed by atoms with Crippen LogP contribution < -0.4 is 0 Å². The zero-order valence-electron chi connectivity index (χ0n) is 20.1. The Kier molecular flexibility index (Phi) is 9.38. The molecular formula is C28H30ClNO4S. The van der Waals surface area contributed by atoms with Crippen LogP contribution in [-0.2, 0) is 11.2 Å². The maximum atomic E-state index is 12.9. The van der Waals surface area contributed by atoms with E-state index in [4.69, 9.17) is 16.3 Å². The van der Waals surface area contributed by atoms with Gasteiger partial charge in [-0.2, -0.15) is 0 Å². The number of carbonyl (C=O) groups is 2. The van der Waals surface area contributed by atoms with Crippen LogP contribution in [0, 0.1) is 0 Å². The van der Waals surface area contributed by atoms with Crippen molar-refractivity contribution in [1.29, 1.82) is 0 Å². The van der Waals surface area contributed by atoms with E-state index in [2.05, 4.69) is 0 Å². The molecule has 0 heterocycles. The van der Waals surface area contributed by atoms with Crippen LogP contribution in [0.1, 0.15) is 48.4 Å². The van der Waals surface area contributed by atoms with E-state index in [0.29, 0.717) is 22.6 Å². The Labute approximate surface area is 216 Å². The normalized spacial score (nSPS) is 12.1. The van der Waals surface area contributed by atoms with Crippen molar-refractivity contribution in [3.8, 4) is 0 Å². The Hall–Kier alpha value is -2.80. The van der Waals surface area contributed by atoms with Crippen molar-refractivity contribution in [2.45, 2.75) is 48.6 Å². The molecule has 0 saturated carbocycles. The Balaban J connectivity index is 1.53. The molecule has 35 heavy (non-hydrogen) atoms. The molecule has 3 aromatic carbocycles. The van der Waals surface area contributed by atoms with Crippen LogP contribution >= 0.6 is 23.4 Å². The highest BCUT2D eigenvalue weighted by Gasteiger charge is 2.30. The molecule has 0 aliphatic carbocycles. The van der Waals surface area contributed by atoms with Crippen LogP contribution in [0.5, 0.6) is 0 Å². The van der Waals surface area contributed by atoms with Gasteiger partial charge in [-0.05, 0) is 68.3 Å². The summed E-state index contributed by atoms with van der Waals surface area (Å²) < 4.78 is 5.56. The predicted octanol–water partition coefficient (Wildman–Crippen LogP) is 6.82. The molecule has 0 unspecified atom stereocenters. The summed E-state index contributed by atoms with van der Waals surface area (Å²) in [5.74, 6) is 0. The second-order valence-corrected chi connectivity index (χ2v) is 10.7. The van der Waals surface area contributed by atoms with Crippen LogP contribution in [-0.4, -0.2) is 41.1 Å². The van der Waals surface area contributed by atoms with Gasteiger partial charge in [0, 0.05) is 32.3 Å². The van der Waals surface area contributed by atoms with E-state index in [-0.39, 0.29) is 13.2 Å². The molecule has 0 aliphatic rings. The second kappa shape index (κ2) is 12.2. The fourth-order valence-corrected chi connectivity index (χ4v) is 4.44. The summed E-state index contributed by atoms with van der Waals surface area (Å²) in [6, 6.07) is 22.5. The lowest BCUT2D eigenvalue weighted by atomic mass is 10.0. The van der Waals surface area contributed by atoms with E-state index in [1.807, 2.05) is 57.2 Å². The van der Waals surface area contributed by atoms with Crippen molar-refractivity contribution in [1.82, 2.24) is 4.90 Å². The van der Waals surface area contributed by atoms with Gasteiger partial charge in [0.2, 0.25) is 0 Å². The summed E-state index contributed by atoms with van der Waals surface area (Å²) in [7, 11) is 0. The third-order valence-corrected chi connectivity index (χ3v) is 6.66. The molecule has 0 saturated heterocycles. The standard InChI is InChI=1S/C28H30ClNO4S/c1-28(2,3)30(18-26(32)22-5-4-6-23(29)17-22)27(33)34-16-15-20-7-11-24(12-8-20)35-25-13-9-21(19-31)10-14-25/h4-14,17,19,26,32H,15-16,18H2,1-3H3/t26-/m0/s1. The van der Waals surface area contributed by atoms with E-state index < -0.39 is 17.7 Å². The maximum absolute atomic E-state index is 12.9. The van der Waals surface area contributed by atoms with Gasteiger partial charge < -0.3 is 14.7 Å². The Morgan fingerprint density at radius 2 is 1.69 bits per heavy atom.